The number of benzene rings is 2. The highest BCUT2D eigenvalue weighted by Crippen LogP contribution is 2.18. The van der Waals surface area contributed by atoms with Crippen LogP contribution < -0.4 is 15.4 Å². The van der Waals surface area contributed by atoms with Crippen LogP contribution in [0.15, 0.2) is 42.5 Å². The Morgan fingerprint density at radius 2 is 1.85 bits per heavy atom. The molecule has 0 saturated carbocycles. The van der Waals surface area contributed by atoms with Crippen LogP contribution in [0.5, 0.6) is 5.75 Å². The van der Waals surface area contributed by atoms with E-state index in [1.807, 2.05) is 22.6 Å². The molecule has 0 atom stereocenters. The lowest BCUT2D eigenvalue weighted by Gasteiger charge is -2.09. The van der Waals surface area contributed by atoms with Crippen molar-refractivity contribution in [2.24, 2.45) is 0 Å². The van der Waals surface area contributed by atoms with Crippen LogP contribution in [0.2, 0.25) is 0 Å². The number of carbonyl (C=O) groups is 1. The maximum absolute atomic E-state index is 13.6. The summed E-state index contributed by atoms with van der Waals surface area (Å²) in [5.74, 6) is 0.224. The van der Waals surface area contributed by atoms with Crippen LogP contribution in [0, 0.1) is 9.39 Å². The average molecular weight is 386 g/mol. The quantitative estimate of drug-likeness (QED) is 0.782. The lowest BCUT2D eigenvalue weighted by Crippen LogP contribution is -2.20. The minimum Gasteiger partial charge on any atom is -0.497 e. The highest BCUT2D eigenvalue weighted by Gasteiger charge is 2.07. The molecule has 0 aliphatic rings. The molecule has 4 nitrogen and oxygen atoms in total. The monoisotopic (exact) mass is 386 g/mol. The van der Waals surface area contributed by atoms with Crippen molar-refractivity contribution in [1.29, 1.82) is 0 Å². The molecular formula is C14H12FIN2O2. The summed E-state index contributed by atoms with van der Waals surface area (Å²) in [6.07, 6.45) is 0. The number of amides is 2. The summed E-state index contributed by atoms with van der Waals surface area (Å²) in [7, 11) is 1.56. The topological polar surface area (TPSA) is 50.4 Å². The van der Waals surface area contributed by atoms with E-state index < -0.39 is 11.8 Å². The van der Waals surface area contributed by atoms with Gasteiger partial charge in [-0.15, -0.1) is 0 Å². The highest BCUT2D eigenvalue weighted by molar-refractivity contribution is 14.1. The molecule has 0 aromatic heterocycles. The highest BCUT2D eigenvalue weighted by atomic mass is 127. The number of anilines is 2. The third kappa shape index (κ3) is 3.83. The molecule has 2 aromatic carbocycles. The van der Waals surface area contributed by atoms with Gasteiger partial charge < -0.3 is 15.4 Å². The molecule has 0 fully saturated rings. The zero-order chi connectivity index (χ0) is 14.5. The maximum atomic E-state index is 13.6. The van der Waals surface area contributed by atoms with Crippen molar-refractivity contribution in [3.05, 3.63) is 51.9 Å². The predicted molar refractivity (Wildman–Crippen MR) is 84.8 cm³/mol. The number of methoxy groups -OCH3 is 1. The molecule has 0 bridgehead atoms. The molecule has 2 amide bonds. The number of halogens is 2. The van der Waals surface area contributed by atoms with Crippen LogP contribution in [0.4, 0.5) is 20.6 Å². The second-order valence-corrected chi connectivity index (χ2v) is 5.18. The Hall–Kier alpha value is -1.83. The Morgan fingerprint density at radius 3 is 2.45 bits per heavy atom. The third-order valence-electron chi connectivity index (χ3n) is 2.53. The van der Waals surface area contributed by atoms with Gasteiger partial charge in [-0.25, -0.2) is 9.18 Å². The fourth-order valence-corrected chi connectivity index (χ4v) is 2.00. The smallest absolute Gasteiger partial charge is 0.323 e. The molecule has 2 aromatic rings. The van der Waals surface area contributed by atoms with Crippen LogP contribution in [-0.2, 0) is 0 Å². The molecule has 0 aliphatic heterocycles. The summed E-state index contributed by atoms with van der Waals surface area (Å²) >= 11 is 2.00. The fraction of sp³-hybridized carbons (Fsp3) is 0.0714. The van der Waals surface area contributed by atoms with E-state index in [9.17, 15) is 9.18 Å². The maximum Gasteiger partial charge on any atom is 0.323 e. The SMILES string of the molecule is COc1ccc(NC(=O)Nc2ccc(I)cc2F)cc1. The van der Waals surface area contributed by atoms with Gasteiger partial charge >= 0.3 is 6.03 Å². The number of hydrogen-bond acceptors (Lipinski definition) is 2. The van der Waals surface area contributed by atoms with Gasteiger partial charge in [0, 0.05) is 9.26 Å². The van der Waals surface area contributed by atoms with E-state index in [1.165, 1.54) is 12.1 Å². The van der Waals surface area contributed by atoms with Gasteiger partial charge in [0.1, 0.15) is 11.6 Å². The van der Waals surface area contributed by atoms with Gasteiger partial charge in [0.05, 0.1) is 12.8 Å². The van der Waals surface area contributed by atoms with Gasteiger partial charge in [0.15, 0.2) is 0 Å². The van der Waals surface area contributed by atoms with E-state index in [1.54, 1.807) is 37.4 Å². The van der Waals surface area contributed by atoms with Gasteiger partial charge in [-0.3, -0.25) is 0 Å². The van der Waals surface area contributed by atoms with Gasteiger partial charge in [0.25, 0.3) is 0 Å². The predicted octanol–water partition coefficient (Wildman–Crippen LogP) is 4.08. The van der Waals surface area contributed by atoms with Crippen LogP contribution in [0.25, 0.3) is 0 Å². The molecule has 0 unspecified atom stereocenters. The molecule has 0 spiro atoms. The van der Waals surface area contributed by atoms with Crippen molar-refractivity contribution in [2.45, 2.75) is 0 Å². The van der Waals surface area contributed by atoms with Crippen molar-refractivity contribution in [1.82, 2.24) is 0 Å². The molecule has 0 heterocycles. The van der Waals surface area contributed by atoms with Crippen molar-refractivity contribution < 1.29 is 13.9 Å². The number of hydrogen-bond donors (Lipinski definition) is 2. The van der Waals surface area contributed by atoms with Crippen LogP contribution >= 0.6 is 22.6 Å². The van der Waals surface area contributed by atoms with Crippen molar-refractivity contribution in [3.63, 3.8) is 0 Å². The number of ether oxygens (including phenoxy) is 1. The molecule has 20 heavy (non-hydrogen) atoms. The lowest BCUT2D eigenvalue weighted by molar-refractivity contribution is 0.262. The molecule has 0 aliphatic carbocycles. The second kappa shape index (κ2) is 6.56. The summed E-state index contributed by atoms with van der Waals surface area (Å²) in [5, 5.41) is 5.06. The molecule has 104 valence electrons. The summed E-state index contributed by atoms with van der Waals surface area (Å²) in [6, 6.07) is 10.9. The zero-order valence-electron chi connectivity index (χ0n) is 10.6. The van der Waals surface area contributed by atoms with Gasteiger partial charge in [-0.1, -0.05) is 0 Å². The van der Waals surface area contributed by atoms with Gasteiger partial charge in [-0.05, 0) is 65.1 Å². The molecule has 6 heteroatoms. The molecule has 2 N–H and O–H groups in total. The Balaban J connectivity index is 2.01. The number of nitrogens with one attached hydrogen (secondary N) is 2. The molecule has 0 radical (unpaired) electrons. The van der Waals surface area contributed by atoms with E-state index in [2.05, 4.69) is 10.6 Å². The summed E-state index contributed by atoms with van der Waals surface area (Å²) in [4.78, 5) is 11.8. The van der Waals surface area contributed by atoms with Crippen molar-refractivity contribution in [3.8, 4) is 5.75 Å². The Labute approximate surface area is 129 Å². The lowest BCUT2D eigenvalue weighted by atomic mass is 10.3. The van der Waals surface area contributed by atoms with Gasteiger partial charge in [-0.2, -0.15) is 0 Å². The Morgan fingerprint density at radius 1 is 1.15 bits per heavy atom. The molecule has 0 saturated heterocycles. The Kier molecular flexibility index (Phi) is 4.78. The first-order valence-corrected chi connectivity index (χ1v) is 6.83. The molecular weight excluding hydrogens is 374 g/mol. The first-order valence-electron chi connectivity index (χ1n) is 5.75. The zero-order valence-corrected chi connectivity index (χ0v) is 12.8. The van der Waals surface area contributed by atoms with E-state index in [4.69, 9.17) is 4.74 Å². The second-order valence-electron chi connectivity index (χ2n) is 3.93. The van der Waals surface area contributed by atoms with Crippen molar-refractivity contribution in [2.75, 3.05) is 17.7 Å². The minimum atomic E-state index is -0.504. The minimum absolute atomic E-state index is 0.136. The van der Waals surface area contributed by atoms with Crippen LogP contribution in [0.3, 0.4) is 0 Å². The summed E-state index contributed by atoms with van der Waals surface area (Å²) in [5.41, 5.74) is 0.727. The van der Waals surface area contributed by atoms with E-state index >= 15 is 0 Å². The Bertz CT molecular complexity index is 617. The normalized spacial score (nSPS) is 9.95. The average Bonchev–Trinajstić information content (AvgIpc) is 2.43. The summed E-state index contributed by atoms with van der Waals surface area (Å²) < 4.78 is 19.4. The van der Waals surface area contributed by atoms with Crippen LogP contribution in [-0.4, -0.2) is 13.1 Å². The van der Waals surface area contributed by atoms with Crippen LogP contribution in [0.1, 0.15) is 0 Å². The fourth-order valence-electron chi connectivity index (χ4n) is 1.55. The first-order chi connectivity index (χ1) is 9.58. The summed E-state index contributed by atoms with van der Waals surface area (Å²) in [6.45, 7) is 0. The van der Waals surface area contributed by atoms with E-state index in [-0.39, 0.29) is 5.69 Å². The first kappa shape index (κ1) is 14.6. The third-order valence-corrected chi connectivity index (χ3v) is 3.20. The standard InChI is InChI=1S/C14H12FIN2O2/c1-20-11-5-3-10(4-6-11)17-14(19)18-13-7-2-9(16)8-12(13)15/h2-8H,1H3,(H2,17,18,19). The largest absolute Gasteiger partial charge is 0.497 e. The number of urea groups is 1. The van der Waals surface area contributed by atoms with E-state index in [0.717, 1.165) is 3.57 Å². The van der Waals surface area contributed by atoms with Crippen molar-refractivity contribution >= 4 is 40.0 Å². The number of rotatable bonds is 3. The van der Waals surface area contributed by atoms with E-state index in [0.29, 0.717) is 11.4 Å². The molecule has 2 rings (SSSR count). The number of carbonyl (C=O) groups excluding carboxylic acids is 1. The van der Waals surface area contributed by atoms with Gasteiger partial charge in [0.2, 0.25) is 0 Å².